The summed E-state index contributed by atoms with van der Waals surface area (Å²) < 4.78 is 48.1. The largest absolute Gasteiger partial charge is 0.504 e. The van der Waals surface area contributed by atoms with Crippen LogP contribution in [0.3, 0.4) is 0 Å². The fourth-order valence-corrected chi connectivity index (χ4v) is 10.8. The maximum absolute atomic E-state index is 14.7. The van der Waals surface area contributed by atoms with Crippen LogP contribution in [0.4, 0.5) is 0 Å². The van der Waals surface area contributed by atoms with E-state index in [1.54, 1.807) is 30.3 Å². The number of nitrogens with zero attached hydrogens (tertiary/aromatic N) is 3. The van der Waals surface area contributed by atoms with Gasteiger partial charge >= 0.3 is 10.4 Å². The van der Waals surface area contributed by atoms with E-state index in [1.807, 2.05) is 5.32 Å². The molecule has 31 nitrogen and oxygen atoms in total. The summed E-state index contributed by atoms with van der Waals surface area (Å²) >= 11 is 0. The van der Waals surface area contributed by atoms with E-state index in [0.29, 0.717) is 50.8 Å². The fourth-order valence-electron chi connectivity index (χ4n) is 10.4. The number of amides is 7. The summed E-state index contributed by atoms with van der Waals surface area (Å²) in [5.41, 5.74) is 6.22. The normalized spacial score (nSPS) is 25.9. The van der Waals surface area contributed by atoms with Crippen molar-refractivity contribution >= 4 is 57.5 Å². The highest BCUT2D eigenvalue weighted by molar-refractivity contribution is 7.81. The van der Waals surface area contributed by atoms with Crippen LogP contribution in [0.1, 0.15) is 87.2 Å². The van der Waals surface area contributed by atoms with E-state index in [0.717, 1.165) is 38.3 Å². The molecule has 32 heteroatoms. The first-order chi connectivity index (χ1) is 41.5. The van der Waals surface area contributed by atoms with Crippen LogP contribution in [0.5, 0.6) is 17.2 Å². The maximum Gasteiger partial charge on any atom is 0.446 e. The second-order valence-corrected chi connectivity index (χ2v) is 22.7. The zero-order valence-electron chi connectivity index (χ0n) is 47.4. The number of carbonyl (C=O) groups excluding carboxylic acids is 8. The minimum Gasteiger partial charge on any atom is -0.504 e. The predicted molar refractivity (Wildman–Crippen MR) is 300 cm³/mol. The average Bonchev–Trinajstić information content (AvgIpc) is 2.67. The molecule has 3 aliphatic rings. The summed E-state index contributed by atoms with van der Waals surface area (Å²) in [4.78, 5) is 114. The molecule has 3 aromatic carbocycles. The molecule has 14 atom stereocenters. The molecule has 3 fully saturated rings. The predicted octanol–water partition coefficient (Wildman–Crippen LogP) is -3.06. The Morgan fingerprint density at radius 2 is 1.49 bits per heavy atom. The van der Waals surface area contributed by atoms with E-state index in [4.69, 9.17) is 15.0 Å². The molecule has 0 spiro atoms. The van der Waals surface area contributed by atoms with Gasteiger partial charge in [-0.2, -0.15) is 8.42 Å². The number of benzene rings is 3. The highest BCUT2D eigenvalue weighted by Gasteiger charge is 2.49. The molecule has 0 bridgehead atoms. The minimum atomic E-state index is -5.34. The Kier molecular flexibility index (Phi) is 22.4. The third-order valence-corrected chi connectivity index (χ3v) is 15.5. The number of phenols is 1. The molecule has 3 saturated heterocycles. The number of nitrogens with two attached hydrogens (primary N) is 1. The van der Waals surface area contributed by atoms with Gasteiger partial charge in [0.2, 0.25) is 35.4 Å². The van der Waals surface area contributed by atoms with Crippen molar-refractivity contribution < 1.29 is 111 Å². The van der Waals surface area contributed by atoms with Crippen LogP contribution in [0.15, 0.2) is 77.3 Å². The number of primary amides is 1. The smallest absolute Gasteiger partial charge is 0.446 e. The SMILES string of the molecule is CCCCCOc1ccc(-c2cc(-c3ccc(C(=O)NC4CC(O)C(O)NC(=O)C5C(O)CCN5C(=O)C(C(O)CC(N)=O)CC(=O)C(C(O)C(O)c5ccc(O)c(OS(=O)(=O)O)c5)NC(=O)C5CC(O)CN5C(=O)C(C(C)O)NC4=O)cc3)no2)cc1. The van der Waals surface area contributed by atoms with Crippen LogP contribution >= 0.6 is 0 Å². The summed E-state index contributed by atoms with van der Waals surface area (Å²) in [6.45, 7) is 2.47. The van der Waals surface area contributed by atoms with Crippen molar-refractivity contribution in [2.75, 3.05) is 19.7 Å². The van der Waals surface area contributed by atoms with Gasteiger partial charge in [-0.05, 0) is 73.9 Å². The van der Waals surface area contributed by atoms with E-state index in [1.165, 1.54) is 24.3 Å². The first-order valence-corrected chi connectivity index (χ1v) is 29.3. The van der Waals surface area contributed by atoms with E-state index in [9.17, 15) is 97.3 Å². The second kappa shape index (κ2) is 29.2. The molecule has 4 heterocycles. The number of aliphatic hydroxyl groups excluding tert-OH is 8. The molecule has 1 aromatic heterocycles. The Hall–Kier alpha value is -8.18. The second-order valence-electron chi connectivity index (χ2n) is 21.6. The Balaban J connectivity index is 1.21. The molecular weight excluding hydrogens is 1180 g/mol. The van der Waals surface area contributed by atoms with Crippen molar-refractivity contribution in [1.82, 2.24) is 36.2 Å². The van der Waals surface area contributed by atoms with Gasteiger partial charge in [0.25, 0.3) is 5.91 Å². The molecule has 88 heavy (non-hydrogen) atoms. The van der Waals surface area contributed by atoms with Gasteiger partial charge in [-0.15, -0.1) is 0 Å². The van der Waals surface area contributed by atoms with Crippen molar-refractivity contribution in [2.24, 2.45) is 11.7 Å². The molecule has 478 valence electrons. The molecule has 16 N–H and O–H groups in total. The number of phenolic OH excluding ortho intramolecular Hbond substituents is 1. The number of fused-ring (bicyclic) bond motifs is 2. The quantitative estimate of drug-likeness (QED) is 0.0347. The zero-order valence-corrected chi connectivity index (χ0v) is 48.2. The number of aromatic nitrogens is 1. The van der Waals surface area contributed by atoms with Gasteiger partial charge in [-0.25, -0.2) is 0 Å². The lowest BCUT2D eigenvalue weighted by atomic mass is 9.86. The van der Waals surface area contributed by atoms with Gasteiger partial charge in [-0.3, -0.25) is 42.9 Å². The molecule has 0 radical (unpaired) electrons. The van der Waals surface area contributed by atoms with Gasteiger partial charge in [0.05, 0.1) is 43.4 Å². The first kappa shape index (κ1) is 67.3. The molecule has 14 unspecified atom stereocenters. The maximum atomic E-state index is 14.7. The number of nitrogens with one attached hydrogen (secondary N) is 4. The van der Waals surface area contributed by atoms with Crippen LogP contribution in [-0.2, 0) is 44.0 Å². The lowest BCUT2D eigenvalue weighted by Gasteiger charge is -2.34. The molecule has 3 aliphatic heterocycles. The number of Topliss-reactive ketones (excluding diaryl/α,β-unsaturated/α-hetero) is 1. The van der Waals surface area contributed by atoms with Crippen molar-refractivity contribution in [3.05, 3.63) is 83.9 Å². The summed E-state index contributed by atoms with van der Waals surface area (Å²) in [7, 11) is -5.34. The van der Waals surface area contributed by atoms with E-state index < -0.39 is 198 Å². The molecular formula is C56H70N8O23S. The number of carbonyl (C=O) groups is 8. The topological polar surface area (TPSA) is 498 Å². The number of ketones is 1. The van der Waals surface area contributed by atoms with Gasteiger partial charge in [-0.1, -0.05) is 43.1 Å². The number of ether oxygens (including phenoxy) is 1. The highest BCUT2D eigenvalue weighted by atomic mass is 32.3. The van der Waals surface area contributed by atoms with Gasteiger partial charge in [0.15, 0.2) is 29.3 Å². The number of rotatable bonds is 18. The van der Waals surface area contributed by atoms with E-state index in [2.05, 4.69) is 32.2 Å². The van der Waals surface area contributed by atoms with E-state index >= 15 is 0 Å². The molecule has 0 saturated carbocycles. The van der Waals surface area contributed by atoms with Crippen LogP contribution < -0.4 is 35.9 Å². The number of unbranched alkanes of at least 4 members (excludes halogenated alkanes) is 2. The third kappa shape index (κ3) is 16.7. The summed E-state index contributed by atoms with van der Waals surface area (Å²) in [5, 5.41) is 114. The van der Waals surface area contributed by atoms with Crippen LogP contribution in [0, 0.1) is 5.92 Å². The van der Waals surface area contributed by atoms with Crippen LogP contribution in [0.25, 0.3) is 22.6 Å². The first-order valence-electron chi connectivity index (χ1n) is 27.9. The fraction of sp³-hybridized carbons (Fsp3) is 0.482. The number of aliphatic hydroxyl groups is 8. The van der Waals surface area contributed by atoms with E-state index in [-0.39, 0.29) is 12.0 Å². The zero-order chi connectivity index (χ0) is 64.5. The molecule has 4 aromatic rings. The Morgan fingerprint density at radius 3 is 2.14 bits per heavy atom. The monoisotopic (exact) mass is 1250 g/mol. The van der Waals surface area contributed by atoms with Crippen LogP contribution in [-0.4, -0.2) is 214 Å². The number of hydrogen-bond donors (Lipinski definition) is 15. The number of hydrogen-bond acceptors (Lipinski definition) is 23. The third-order valence-electron chi connectivity index (χ3n) is 15.1. The Morgan fingerprint density at radius 1 is 0.818 bits per heavy atom. The average molecular weight is 1260 g/mol. The van der Waals surface area contributed by atoms with Crippen LogP contribution in [0.2, 0.25) is 0 Å². The molecule has 7 amide bonds. The summed E-state index contributed by atoms with van der Waals surface area (Å²) in [5.74, 6) is -13.5. The van der Waals surface area contributed by atoms with Crippen molar-refractivity contribution in [3.63, 3.8) is 0 Å². The van der Waals surface area contributed by atoms with Crippen molar-refractivity contribution in [3.8, 4) is 39.8 Å². The summed E-state index contributed by atoms with van der Waals surface area (Å²) in [6, 6.07) is 6.26. The number of aromatic hydroxyl groups is 1. The highest BCUT2D eigenvalue weighted by Crippen LogP contribution is 2.34. The van der Waals surface area contributed by atoms with Crippen molar-refractivity contribution in [1.29, 1.82) is 0 Å². The van der Waals surface area contributed by atoms with Gasteiger partial charge in [0, 0.05) is 55.1 Å². The minimum absolute atomic E-state index is 0.101. The Labute approximate surface area is 502 Å². The lowest BCUT2D eigenvalue weighted by Crippen LogP contribution is -2.61. The van der Waals surface area contributed by atoms with Gasteiger partial charge < -0.3 is 96.2 Å². The summed E-state index contributed by atoms with van der Waals surface area (Å²) in [6.07, 6.45) is -18.5. The Bertz CT molecular complexity index is 3300. The molecule has 0 aliphatic carbocycles. The van der Waals surface area contributed by atoms with Crippen molar-refractivity contribution in [2.45, 2.75) is 144 Å². The standard InChI is InChI=1S/C56H70N8O23S/c1-3-4-5-18-85-32-13-10-28(11-14-32)42-23-34(62-86-42)27-6-8-29(9-7-27)50(75)58-35-22-41(71)53(78)61-54(79)47-38(68)16-17-63(47)55(80)33(39(69)24-44(57)72)21-40(70)46(49(74)48(73)30-12-15-37(67)43(19-30)87-88(82,83)84)60-52(77)36-20-31(66)25-64(36)56(81)45(26(2)65)59-51(35)76/h6-15,19,23,26,31,33,35-36,38-39,41,45-49,53,65-69,71,73-74,78H,3-5,16-18,20-22,24-25H2,1-2H3,(H2,57,72)(H,58,75)(H,59,76)(H,60,77)(H,61,79)(H,82,83,84). The molecule has 7 rings (SSSR count). The lowest BCUT2D eigenvalue weighted by molar-refractivity contribution is -0.151. The van der Waals surface area contributed by atoms with Gasteiger partial charge in [0.1, 0.15) is 60.0 Å².